The SMILES string of the molecule is N#Cc1cnc(Nc2ccc(-n3cncn3)cc2)nc1-c1cccnc1. The average Bonchev–Trinajstić information content (AvgIpc) is 3.24. The molecule has 26 heavy (non-hydrogen) atoms. The van der Waals surface area contributed by atoms with Gasteiger partial charge in [0, 0.05) is 23.6 Å². The van der Waals surface area contributed by atoms with Crippen LogP contribution < -0.4 is 5.32 Å². The number of benzene rings is 1. The number of anilines is 2. The number of aromatic nitrogens is 6. The van der Waals surface area contributed by atoms with E-state index in [1.807, 2.05) is 30.3 Å². The van der Waals surface area contributed by atoms with Crippen LogP contribution in [0.2, 0.25) is 0 Å². The van der Waals surface area contributed by atoms with Crippen molar-refractivity contribution in [1.29, 1.82) is 5.26 Å². The molecule has 0 fully saturated rings. The van der Waals surface area contributed by atoms with Crippen molar-refractivity contribution in [1.82, 2.24) is 29.7 Å². The largest absolute Gasteiger partial charge is 0.324 e. The molecular formula is C18H12N8. The first-order valence-electron chi connectivity index (χ1n) is 7.73. The number of rotatable bonds is 4. The van der Waals surface area contributed by atoms with E-state index in [9.17, 15) is 5.26 Å². The Kier molecular flexibility index (Phi) is 4.02. The Bertz CT molecular complexity index is 1050. The van der Waals surface area contributed by atoms with Gasteiger partial charge in [-0.15, -0.1) is 0 Å². The Morgan fingerprint density at radius 1 is 1.04 bits per heavy atom. The second-order valence-corrected chi connectivity index (χ2v) is 5.32. The quantitative estimate of drug-likeness (QED) is 0.609. The summed E-state index contributed by atoms with van der Waals surface area (Å²) in [6.45, 7) is 0. The van der Waals surface area contributed by atoms with Crippen molar-refractivity contribution in [2.24, 2.45) is 0 Å². The van der Waals surface area contributed by atoms with E-state index < -0.39 is 0 Å². The van der Waals surface area contributed by atoms with E-state index in [2.05, 4.69) is 36.4 Å². The molecule has 0 radical (unpaired) electrons. The Morgan fingerprint density at radius 3 is 2.62 bits per heavy atom. The molecule has 1 N–H and O–H groups in total. The maximum Gasteiger partial charge on any atom is 0.227 e. The van der Waals surface area contributed by atoms with Crippen molar-refractivity contribution in [3.8, 4) is 23.0 Å². The normalized spacial score (nSPS) is 10.3. The smallest absolute Gasteiger partial charge is 0.227 e. The summed E-state index contributed by atoms with van der Waals surface area (Å²) in [6, 6.07) is 13.4. The molecule has 0 saturated carbocycles. The van der Waals surface area contributed by atoms with Crippen molar-refractivity contribution in [3.05, 3.63) is 73.2 Å². The highest BCUT2D eigenvalue weighted by molar-refractivity contribution is 5.67. The third kappa shape index (κ3) is 3.09. The van der Waals surface area contributed by atoms with E-state index in [0.717, 1.165) is 16.9 Å². The lowest BCUT2D eigenvalue weighted by Crippen LogP contribution is -2.01. The summed E-state index contributed by atoms with van der Waals surface area (Å²) in [5.41, 5.74) is 3.40. The molecule has 0 saturated heterocycles. The summed E-state index contributed by atoms with van der Waals surface area (Å²) in [4.78, 5) is 16.7. The van der Waals surface area contributed by atoms with E-state index in [0.29, 0.717) is 17.2 Å². The first-order chi connectivity index (χ1) is 12.8. The third-order valence-corrected chi connectivity index (χ3v) is 3.65. The highest BCUT2D eigenvalue weighted by Gasteiger charge is 2.10. The second-order valence-electron chi connectivity index (χ2n) is 5.32. The van der Waals surface area contributed by atoms with Gasteiger partial charge < -0.3 is 5.32 Å². The predicted molar refractivity (Wildman–Crippen MR) is 94.6 cm³/mol. The van der Waals surface area contributed by atoms with Crippen molar-refractivity contribution >= 4 is 11.6 Å². The minimum absolute atomic E-state index is 0.394. The average molecular weight is 340 g/mol. The number of nitriles is 1. The van der Waals surface area contributed by atoms with Crippen LogP contribution >= 0.6 is 0 Å². The topological polar surface area (TPSA) is 105 Å². The van der Waals surface area contributed by atoms with E-state index in [4.69, 9.17) is 0 Å². The van der Waals surface area contributed by atoms with E-state index in [-0.39, 0.29) is 0 Å². The first kappa shape index (κ1) is 15.4. The molecule has 4 rings (SSSR count). The Labute approximate surface area is 148 Å². The van der Waals surface area contributed by atoms with Crippen molar-refractivity contribution in [2.45, 2.75) is 0 Å². The van der Waals surface area contributed by atoms with Gasteiger partial charge in [-0.25, -0.2) is 19.6 Å². The molecule has 0 unspecified atom stereocenters. The molecular weight excluding hydrogens is 328 g/mol. The maximum atomic E-state index is 9.30. The van der Waals surface area contributed by atoms with E-state index >= 15 is 0 Å². The molecule has 4 aromatic rings. The van der Waals surface area contributed by atoms with E-state index in [1.54, 1.807) is 29.5 Å². The molecule has 0 aliphatic heterocycles. The second kappa shape index (κ2) is 6.78. The van der Waals surface area contributed by atoms with Crippen LogP contribution in [0.25, 0.3) is 16.9 Å². The summed E-state index contributed by atoms with van der Waals surface area (Å²) in [5.74, 6) is 0.399. The van der Waals surface area contributed by atoms with Gasteiger partial charge in [0.1, 0.15) is 18.7 Å². The van der Waals surface area contributed by atoms with Crippen molar-refractivity contribution < 1.29 is 0 Å². The molecule has 0 bridgehead atoms. The molecule has 3 heterocycles. The van der Waals surface area contributed by atoms with Crippen LogP contribution in [-0.4, -0.2) is 29.7 Å². The fourth-order valence-corrected chi connectivity index (χ4v) is 2.41. The van der Waals surface area contributed by atoms with Gasteiger partial charge in [-0.3, -0.25) is 4.98 Å². The number of hydrogen-bond donors (Lipinski definition) is 1. The molecule has 1 aromatic carbocycles. The number of pyridine rings is 1. The van der Waals surface area contributed by atoms with Crippen LogP contribution in [0.1, 0.15) is 5.56 Å². The van der Waals surface area contributed by atoms with Gasteiger partial charge in [0.2, 0.25) is 5.95 Å². The summed E-state index contributed by atoms with van der Waals surface area (Å²) in [6.07, 6.45) is 7.96. The highest BCUT2D eigenvalue weighted by atomic mass is 15.3. The van der Waals surface area contributed by atoms with Crippen LogP contribution in [0.3, 0.4) is 0 Å². The molecule has 8 nitrogen and oxygen atoms in total. The van der Waals surface area contributed by atoms with Crippen molar-refractivity contribution in [3.63, 3.8) is 0 Å². The zero-order valence-electron chi connectivity index (χ0n) is 13.5. The maximum absolute atomic E-state index is 9.30. The Morgan fingerprint density at radius 2 is 1.92 bits per heavy atom. The molecule has 124 valence electrons. The Hall–Kier alpha value is -4.12. The molecule has 0 amide bonds. The van der Waals surface area contributed by atoms with Crippen LogP contribution in [0, 0.1) is 11.3 Å². The zero-order valence-corrected chi connectivity index (χ0v) is 13.5. The number of nitrogens with one attached hydrogen (secondary N) is 1. The molecule has 0 aliphatic carbocycles. The zero-order chi connectivity index (χ0) is 17.8. The first-order valence-corrected chi connectivity index (χ1v) is 7.73. The van der Waals surface area contributed by atoms with Crippen LogP contribution in [0.5, 0.6) is 0 Å². The van der Waals surface area contributed by atoms with Crippen LogP contribution in [0.15, 0.2) is 67.6 Å². The predicted octanol–water partition coefficient (Wildman–Crippen LogP) is 2.73. The van der Waals surface area contributed by atoms with Gasteiger partial charge >= 0.3 is 0 Å². The molecule has 0 spiro atoms. The van der Waals surface area contributed by atoms with Gasteiger partial charge in [0.25, 0.3) is 0 Å². The standard InChI is InChI=1S/C18H12N8/c19-8-14-10-22-18(25-17(14)13-2-1-7-20-9-13)24-15-3-5-16(6-4-15)26-12-21-11-23-26/h1-7,9-12H,(H,22,24,25). The molecule has 0 aliphatic rings. The van der Waals surface area contributed by atoms with Gasteiger partial charge in [0.05, 0.1) is 23.1 Å². The monoisotopic (exact) mass is 340 g/mol. The fraction of sp³-hybridized carbons (Fsp3) is 0. The van der Waals surface area contributed by atoms with Crippen LogP contribution in [-0.2, 0) is 0 Å². The molecule has 3 aromatic heterocycles. The lowest BCUT2D eigenvalue weighted by Gasteiger charge is -2.08. The molecule has 0 atom stereocenters. The minimum Gasteiger partial charge on any atom is -0.324 e. The lowest BCUT2D eigenvalue weighted by atomic mass is 10.1. The fourth-order valence-electron chi connectivity index (χ4n) is 2.41. The van der Waals surface area contributed by atoms with Gasteiger partial charge in [-0.2, -0.15) is 10.4 Å². The van der Waals surface area contributed by atoms with Gasteiger partial charge in [0.15, 0.2) is 0 Å². The Balaban J connectivity index is 1.62. The molecule has 8 heteroatoms. The van der Waals surface area contributed by atoms with Gasteiger partial charge in [-0.05, 0) is 36.4 Å². The lowest BCUT2D eigenvalue weighted by molar-refractivity contribution is 0.879. The van der Waals surface area contributed by atoms with Crippen molar-refractivity contribution in [2.75, 3.05) is 5.32 Å². The van der Waals surface area contributed by atoms with E-state index in [1.165, 1.54) is 12.5 Å². The summed E-state index contributed by atoms with van der Waals surface area (Å²) in [5, 5.41) is 16.5. The summed E-state index contributed by atoms with van der Waals surface area (Å²) < 4.78 is 1.67. The van der Waals surface area contributed by atoms with Gasteiger partial charge in [-0.1, -0.05) is 0 Å². The summed E-state index contributed by atoms with van der Waals surface area (Å²) >= 11 is 0. The number of hydrogen-bond acceptors (Lipinski definition) is 7. The summed E-state index contributed by atoms with van der Waals surface area (Å²) in [7, 11) is 0. The van der Waals surface area contributed by atoms with Crippen LogP contribution in [0.4, 0.5) is 11.6 Å². The number of nitrogens with zero attached hydrogens (tertiary/aromatic N) is 7. The minimum atomic E-state index is 0.394. The third-order valence-electron chi connectivity index (χ3n) is 3.65. The highest BCUT2D eigenvalue weighted by Crippen LogP contribution is 2.22.